The van der Waals surface area contributed by atoms with Gasteiger partial charge in [0.15, 0.2) is 0 Å². The highest BCUT2D eigenvalue weighted by atomic mass is 16.3. The number of aliphatic hydroxyl groups is 1. The first-order chi connectivity index (χ1) is 9.70. The Morgan fingerprint density at radius 2 is 1.80 bits per heavy atom. The number of hydrogen-bond donors (Lipinski definition) is 1. The Labute approximate surface area is 123 Å². The van der Waals surface area contributed by atoms with Crippen LogP contribution >= 0.6 is 0 Å². The van der Waals surface area contributed by atoms with Gasteiger partial charge in [0.2, 0.25) is 5.91 Å². The van der Waals surface area contributed by atoms with Crippen molar-refractivity contribution >= 4 is 5.91 Å². The number of carbonyl (C=O) groups excluding carboxylic acids is 1. The van der Waals surface area contributed by atoms with E-state index in [-0.39, 0.29) is 12.5 Å². The average molecular weight is 282 g/mol. The molecule has 1 saturated heterocycles. The molecule has 0 aromatic heterocycles. The molecule has 1 unspecified atom stereocenters. The predicted octanol–water partition coefficient (Wildman–Crippen LogP) is 1.73. The van der Waals surface area contributed by atoms with Gasteiger partial charge in [0.1, 0.15) is 0 Å². The van der Waals surface area contributed by atoms with E-state index in [0.29, 0.717) is 5.91 Å². The lowest BCUT2D eigenvalue weighted by molar-refractivity contribution is -0.137. The van der Waals surface area contributed by atoms with Crippen LogP contribution in [0.2, 0.25) is 0 Å². The standard InChI is InChI=1S/C16H30N2O2/c1-14(13-15-5-3-2-4-6-15)16(20)18-9-7-17(8-10-18)11-12-19/h14-15,19H,2-13H2,1H3. The normalized spacial score (nSPS) is 23.8. The Bertz CT molecular complexity index is 295. The summed E-state index contributed by atoms with van der Waals surface area (Å²) >= 11 is 0. The monoisotopic (exact) mass is 282 g/mol. The molecule has 116 valence electrons. The summed E-state index contributed by atoms with van der Waals surface area (Å²) in [6.07, 6.45) is 7.81. The van der Waals surface area contributed by atoms with Crippen LogP contribution in [0.15, 0.2) is 0 Å². The molecule has 0 aromatic carbocycles. The number of carbonyl (C=O) groups is 1. The molecule has 1 atom stereocenters. The van der Waals surface area contributed by atoms with Crippen LogP contribution < -0.4 is 0 Å². The molecule has 1 aliphatic heterocycles. The maximum absolute atomic E-state index is 12.5. The number of β-amino-alcohol motifs (C(OH)–C–C–N with tert-alkyl or cyclic N) is 1. The number of amides is 1. The molecule has 1 N–H and O–H groups in total. The van der Waals surface area contributed by atoms with Gasteiger partial charge in [0.25, 0.3) is 0 Å². The molecule has 0 spiro atoms. The van der Waals surface area contributed by atoms with Crippen LogP contribution in [0.5, 0.6) is 0 Å². The molecule has 2 fully saturated rings. The van der Waals surface area contributed by atoms with Crippen LogP contribution in [0, 0.1) is 11.8 Å². The predicted molar refractivity (Wildman–Crippen MR) is 80.5 cm³/mol. The van der Waals surface area contributed by atoms with Crippen molar-refractivity contribution < 1.29 is 9.90 Å². The summed E-state index contributed by atoms with van der Waals surface area (Å²) in [6, 6.07) is 0. The summed E-state index contributed by atoms with van der Waals surface area (Å²) in [6.45, 7) is 6.52. The van der Waals surface area contributed by atoms with E-state index < -0.39 is 0 Å². The second-order valence-corrected chi connectivity index (χ2v) is 6.53. The largest absolute Gasteiger partial charge is 0.395 e. The van der Waals surface area contributed by atoms with Crippen molar-refractivity contribution in [2.24, 2.45) is 11.8 Å². The van der Waals surface area contributed by atoms with Crippen molar-refractivity contribution in [3.8, 4) is 0 Å². The Morgan fingerprint density at radius 3 is 2.40 bits per heavy atom. The molecule has 0 bridgehead atoms. The Kier molecular flexibility index (Phi) is 6.30. The Hall–Kier alpha value is -0.610. The zero-order valence-electron chi connectivity index (χ0n) is 12.9. The van der Waals surface area contributed by atoms with Crippen molar-refractivity contribution in [3.05, 3.63) is 0 Å². The van der Waals surface area contributed by atoms with E-state index in [1.54, 1.807) is 0 Å². The molecule has 4 heteroatoms. The van der Waals surface area contributed by atoms with Gasteiger partial charge in [0, 0.05) is 38.6 Å². The average Bonchev–Trinajstić information content (AvgIpc) is 2.48. The van der Waals surface area contributed by atoms with Gasteiger partial charge in [-0.2, -0.15) is 0 Å². The number of rotatable bonds is 5. The maximum atomic E-state index is 12.5. The zero-order chi connectivity index (χ0) is 14.4. The molecule has 1 aliphatic carbocycles. The number of hydrogen-bond acceptors (Lipinski definition) is 3. The molecular weight excluding hydrogens is 252 g/mol. The SMILES string of the molecule is CC(CC1CCCCC1)C(=O)N1CCN(CCO)CC1. The maximum Gasteiger partial charge on any atom is 0.225 e. The van der Waals surface area contributed by atoms with Gasteiger partial charge in [-0.25, -0.2) is 0 Å². The molecule has 20 heavy (non-hydrogen) atoms. The van der Waals surface area contributed by atoms with Gasteiger partial charge in [-0.15, -0.1) is 0 Å². The first kappa shape index (κ1) is 15.8. The summed E-state index contributed by atoms with van der Waals surface area (Å²) in [5.74, 6) is 1.31. The third-order valence-electron chi connectivity index (χ3n) is 4.93. The quantitative estimate of drug-likeness (QED) is 0.835. The van der Waals surface area contributed by atoms with Gasteiger partial charge in [-0.1, -0.05) is 39.0 Å². The topological polar surface area (TPSA) is 43.8 Å². The smallest absolute Gasteiger partial charge is 0.225 e. The molecule has 1 heterocycles. The third-order valence-corrected chi connectivity index (χ3v) is 4.93. The third kappa shape index (κ3) is 4.45. The first-order valence-corrected chi connectivity index (χ1v) is 8.32. The Morgan fingerprint density at radius 1 is 1.15 bits per heavy atom. The molecule has 4 nitrogen and oxygen atoms in total. The van der Waals surface area contributed by atoms with E-state index in [1.807, 2.05) is 4.90 Å². The fraction of sp³-hybridized carbons (Fsp3) is 0.938. The van der Waals surface area contributed by atoms with Crippen molar-refractivity contribution in [1.29, 1.82) is 0 Å². The van der Waals surface area contributed by atoms with Gasteiger partial charge in [0.05, 0.1) is 6.61 Å². The van der Waals surface area contributed by atoms with Crippen LogP contribution in [-0.4, -0.2) is 60.1 Å². The van der Waals surface area contributed by atoms with E-state index in [9.17, 15) is 4.79 Å². The summed E-state index contributed by atoms with van der Waals surface area (Å²) < 4.78 is 0. The number of piperazine rings is 1. The van der Waals surface area contributed by atoms with E-state index in [0.717, 1.165) is 45.1 Å². The van der Waals surface area contributed by atoms with Crippen molar-refractivity contribution in [3.63, 3.8) is 0 Å². The van der Waals surface area contributed by atoms with Gasteiger partial charge < -0.3 is 10.0 Å². The number of nitrogens with zero attached hydrogens (tertiary/aromatic N) is 2. The van der Waals surface area contributed by atoms with Gasteiger partial charge in [-0.3, -0.25) is 9.69 Å². The van der Waals surface area contributed by atoms with Crippen LogP contribution in [0.3, 0.4) is 0 Å². The highest BCUT2D eigenvalue weighted by Gasteiger charge is 2.27. The zero-order valence-corrected chi connectivity index (χ0v) is 12.9. The molecule has 0 aromatic rings. The van der Waals surface area contributed by atoms with E-state index >= 15 is 0 Å². The van der Waals surface area contributed by atoms with E-state index in [2.05, 4.69) is 11.8 Å². The molecular formula is C16H30N2O2. The summed E-state index contributed by atoms with van der Waals surface area (Å²) in [5.41, 5.74) is 0. The molecule has 1 amide bonds. The molecule has 2 aliphatic rings. The molecule has 2 rings (SSSR count). The molecule has 1 saturated carbocycles. The van der Waals surface area contributed by atoms with Crippen molar-refractivity contribution in [2.75, 3.05) is 39.3 Å². The lowest BCUT2D eigenvalue weighted by Gasteiger charge is -2.36. The first-order valence-electron chi connectivity index (χ1n) is 8.32. The minimum Gasteiger partial charge on any atom is -0.395 e. The van der Waals surface area contributed by atoms with Crippen LogP contribution in [0.25, 0.3) is 0 Å². The van der Waals surface area contributed by atoms with Crippen molar-refractivity contribution in [2.45, 2.75) is 45.4 Å². The van der Waals surface area contributed by atoms with Crippen LogP contribution in [-0.2, 0) is 4.79 Å². The number of aliphatic hydroxyl groups excluding tert-OH is 1. The summed E-state index contributed by atoms with van der Waals surface area (Å²) in [7, 11) is 0. The summed E-state index contributed by atoms with van der Waals surface area (Å²) in [5, 5.41) is 8.94. The second kappa shape index (κ2) is 7.99. The fourth-order valence-electron chi connectivity index (χ4n) is 3.67. The lowest BCUT2D eigenvalue weighted by atomic mass is 9.83. The van der Waals surface area contributed by atoms with E-state index in [4.69, 9.17) is 5.11 Å². The Balaban J connectivity index is 1.73. The fourth-order valence-corrected chi connectivity index (χ4v) is 3.67. The minimum atomic E-state index is 0.183. The van der Waals surface area contributed by atoms with Crippen LogP contribution in [0.4, 0.5) is 0 Å². The van der Waals surface area contributed by atoms with Crippen LogP contribution in [0.1, 0.15) is 45.4 Å². The molecule has 0 radical (unpaired) electrons. The minimum absolute atomic E-state index is 0.183. The lowest BCUT2D eigenvalue weighted by Crippen LogP contribution is -2.50. The van der Waals surface area contributed by atoms with Gasteiger partial charge >= 0.3 is 0 Å². The highest BCUT2D eigenvalue weighted by molar-refractivity contribution is 5.78. The summed E-state index contributed by atoms with van der Waals surface area (Å²) in [4.78, 5) is 16.8. The highest BCUT2D eigenvalue weighted by Crippen LogP contribution is 2.29. The van der Waals surface area contributed by atoms with E-state index in [1.165, 1.54) is 32.1 Å². The van der Waals surface area contributed by atoms with Crippen molar-refractivity contribution in [1.82, 2.24) is 9.80 Å². The second-order valence-electron chi connectivity index (χ2n) is 6.53. The van der Waals surface area contributed by atoms with Gasteiger partial charge in [-0.05, 0) is 12.3 Å².